The van der Waals surface area contributed by atoms with Crippen molar-refractivity contribution in [3.05, 3.63) is 23.9 Å². The normalized spacial score (nSPS) is 23.9. The van der Waals surface area contributed by atoms with Crippen LogP contribution in [0.25, 0.3) is 0 Å². The van der Waals surface area contributed by atoms with Crippen LogP contribution < -0.4 is 10.1 Å². The largest absolute Gasteiger partial charge is 0.481 e. The molecule has 2 unspecified atom stereocenters. The SMILES string of the molecule is COc1ncccc1CCNC(=O)C1CCC(C(=O)O)N1C1CC1. The standard InChI is InChI=1S/C17H23N3O4/c1-24-16-11(3-2-9-19-16)8-10-18-15(21)13-6-7-14(17(22)23)20(13)12-4-5-12/h2-3,9,12-14H,4-8,10H2,1H3,(H,18,21)(H,22,23). The first-order valence-electron chi connectivity index (χ1n) is 8.37. The number of hydrogen-bond acceptors (Lipinski definition) is 5. The summed E-state index contributed by atoms with van der Waals surface area (Å²) in [7, 11) is 1.57. The van der Waals surface area contributed by atoms with Crippen molar-refractivity contribution in [2.75, 3.05) is 13.7 Å². The van der Waals surface area contributed by atoms with Gasteiger partial charge in [0, 0.05) is 24.3 Å². The molecule has 0 aromatic carbocycles. The first-order valence-corrected chi connectivity index (χ1v) is 8.37. The Morgan fingerprint density at radius 2 is 2.08 bits per heavy atom. The number of ether oxygens (including phenoxy) is 1. The quantitative estimate of drug-likeness (QED) is 0.768. The van der Waals surface area contributed by atoms with Crippen LogP contribution in [-0.2, 0) is 16.0 Å². The van der Waals surface area contributed by atoms with Crippen LogP contribution in [0.15, 0.2) is 18.3 Å². The number of amides is 1. The monoisotopic (exact) mass is 333 g/mol. The lowest BCUT2D eigenvalue weighted by Gasteiger charge is -2.27. The first kappa shape index (κ1) is 16.7. The zero-order valence-electron chi connectivity index (χ0n) is 13.8. The Hall–Kier alpha value is -2.15. The van der Waals surface area contributed by atoms with Gasteiger partial charge in [0.25, 0.3) is 0 Å². The molecule has 0 radical (unpaired) electrons. The molecular formula is C17H23N3O4. The third-order valence-electron chi connectivity index (χ3n) is 4.73. The maximum absolute atomic E-state index is 12.5. The smallest absolute Gasteiger partial charge is 0.320 e. The van der Waals surface area contributed by atoms with E-state index in [0.717, 1.165) is 18.4 Å². The summed E-state index contributed by atoms with van der Waals surface area (Å²) in [5.74, 6) is -0.330. The number of carboxylic acids is 1. The Balaban J connectivity index is 1.56. The average molecular weight is 333 g/mol. The van der Waals surface area contributed by atoms with Crippen LogP contribution in [-0.4, -0.2) is 58.6 Å². The zero-order chi connectivity index (χ0) is 17.1. The van der Waals surface area contributed by atoms with Crippen molar-refractivity contribution in [2.45, 2.75) is 50.2 Å². The Kier molecular flexibility index (Phi) is 4.99. The highest BCUT2D eigenvalue weighted by atomic mass is 16.5. The Morgan fingerprint density at radius 3 is 2.75 bits per heavy atom. The van der Waals surface area contributed by atoms with E-state index < -0.39 is 12.0 Å². The predicted octanol–water partition coefficient (Wildman–Crippen LogP) is 0.829. The second-order valence-corrected chi connectivity index (χ2v) is 6.34. The van der Waals surface area contributed by atoms with E-state index in [4.69, 9.17) is 4.74 Å². The van der Waals surface area contributed by atoms with Crippen molar-refractivity contribution in [3.63, 3.8) is 0 Å². The lowest BCUT2D eigenvalue weighted by molar-refractivity contribution is -0.143. The van der Waals surface area contributed by atoms with E-state index >= 15 is 0 Å². The van der Waals surface area contributed by atoms with Gasteiger partial charge in [-0.1, -0.05) is 6.07 Å². The van der Waals surface area contributed by atoms with E-state index in [1.54, 1.807) is 13.3 Å². The van der Waals surface area contributed by atoms with Crippen LogP contribution in [0.5, 0.6) is 5.88 Å². The number of carboxylic acid groups (broad SMARTS) is 1. The molecule has 3 rings (SSSR count). The van der Waals surface area contributed by atoms with Gasteiger partial charge in [0.15, 0.2) is 0 Å². The number of aliphatic carboxylic acids is 1. The van der Waals surface area contributed by atoms with Crippen LogP contribution in [0.4, 0.5) is 0 Å². The second-order valence-electron chi connectivity index (χ2n) is 6.34. The summed E-state index contributed by atoms with van der Waals surface area (Å²) >= 11 is 0. The molecule has 2 fully saturated rings. The highest BCUT2D eigenvalue weighted by Gasteiger charge is 2.48. The van der Waals surface area contributed by atoms with E-state index in [1.165, 1.54) is 0 Å². The van der Waals surface area contributed by atoms with Gasteiger partial charge in [-0.3, -0.25) is 14.5 Å². The number of methoxy groups -OCH3 is 1. The van der Waals surface area contributed by atoms with Gasteiger partial charge in [0.1, 0.15) is 6.04 Å². The fourth-order valence-corrected chi connectivity index (χ4v) is 3.47. The third-order valence-corrected chi connectivity index (χ3v) is 4.73. The average Bonchev–Trinajstić information content (AvgIpc) is 3.32. The van der Waals surface area contributed by atoms with Crippen LogP contribution in [0.1, 0.15) is 31.2 Å². The molecule has 1 amide bonds. The number of nitrogens with zero attached hydrogens (tertiary/aromatic N) is 2. The molecule has 2 N–H and O–H groups in total. The lowest BCUT2D eigenvalue weighted by Crippen LogP contribution is -2.49. The molecule has 7 nitrogen and oxygen atoms in total. The zero-order valence-corrected chi connectivity index (χ0v) is 13.8. The van der Waals surface area contributed by atoms with E-state index in [0.29, 0.717) is 31.7 Å². The lowest BCUT2D eigenvalue weighted by atomic mass is 10.1. The minimum absolute atomic E-state index is 0.0755. The van der Waals surface area contributed by atoms with Crippen molar-refractivity contribution in [3.8, 4) is 5.88 Å². The molecule has 2 aliphatic rings. The fourth-order valence-electron chi connectivity index (χ4n) is 3.47. The van der Waals surface area contributed by atoms with Gasteiger partial charge in [-0.2, -0.15) is 0 Å². The van der Waals surface area contributed by atoms with Crippen LogP contribution in [0.3, 0.4) is 0 Å². The molecule has 1 aromatic heterocycles. The Morgan fingerprint density at radius 1 is 1.33 bits per heavy atom. The Bertz CT molecular complexity index is 618. The summed E-state index contributed by atoms with van der Waals surface area (Å²) < 4.78 is 5.20. The number of aromatic nitrogens is 1. The van der Waals surface area contributed by atoms with Crippen LogP contribution in [0.2, 0.25) is 0 Å². The number of likely N-dealkylation sites (tertiary alicyclic amines) is 1. The molecule has 130 valence electrons. The summed E-state index contributed by atoms with van der Waals surface area (Å²) in [6.45, 7) is 0.480. The van der Waals surface area contributed by atoms with Crippen molar-refractivity contribution in [2.24, 2.45) is 0 Å². The topological polar surface area (TPSA) is 91.8 Å². The van der Waals surface area contributed by atoms with Crippen LogP contribution in [0, 0.1) is 0 Å². The highest BCUT2D eigenvalue weighted by molar-refractivity contribution is 5.84. The summed E-state index contributed by atoms with van der Waals surface area (Å²) in [4.78, 5) is 29.9. The summed E-state index contributed by atoms with van der Waals surface area (Å²) in [5.41, 5.74) is 0.939. The molecule has 1 saturated heterocycles. The molecule has 0 bridgehead atoms. The molecule has 1 aliphatic carbocycles. The van der Waals surface area contributed by atoms with Gasteiger partial charge in [-0.25, -0.2) is 4.98 Å². The summed E-state index contributed by atoms with van der Waals surface area (Å²) in [5, 5.41) is 12.3. The van der Waals surface area contributed by atoms with E-state index in [-0.39, 0.29) is 18.0 Å². The predicted molar refractivity (Wildman–Crippen MR) is 86.8 cm³/mol. The number of pyridine rings is 1. The minimum Gasteiger partial charge on any atom is -0.481 e. The van der Waals surface area contributed by atoms with Gasteiger partial charge in [-0.05, 0) is 38.2 Å². The van der Waals surface area contributed by atoms with Gasteiger partial charge in [-0.15, -0.1) is 0 Å². The second kappa shape index (κ2) is 7.17. The molecule has 2 atom stereocenters. The van der Waals surface area contributed by atoms with Gasteiger partial charge < -0.3 is 15.2 Å². The highest BCUT2D eigenvalue weighted by Crippen LogP contribution is 2.37. The molecule has 1 aliphatic heterocycles. The van der Waals surface area contributed by atoms with Gasteiger partial charge in [0.05, 0.1) is 13.2 Å². The molecule has 1 saturated carbocycles. The first-order chi connectivity index (χ1) is 11.6. The molecule has 24 heavy (non-hydrogen) atoms. The fraction of sp³-hybridized carbons (Fsp3) is 0.588. The number of carbonyl (C=O) groups excluding carboxylic acids is 1. The van der Waals surface area contributed by atoms with Crippen molar-refractivity contribution >= 4 is 11.9 Å². The van der Waals surface area contributed by atoms with E-state index in [1.807, 2.05) is 17.0 Å². The Labute approximate surface area is 141 Å². The van der Waals surface area contributed by atoms with Crippen molar-refractivity contribution in [1.82, 2.24) is 15.2 Å². The molecule has 1 aromatic rings. The van der Waals surface area contributed by atoms with Gasteiger partial charge in [0.2, 0.25) is 11.8 Å². The number of nitrogens with one attached hydrogen (secondary N) is 1. The van der Waals surface area contributed by atoms with Crippen molar-refractivity contribution < 1.29 is 19.4 Å². The number of rotatable bonds is 7. The van der Waals surface area contributed by atoms with Crippen molar-refractivity contribution in [1.29, 1.82) is 0 Å². The number of carbonyl (C=O) groups is 2. The molecule has 2 heterocycles. The molecule has 0 spiro atoms. The minimum atomic E-state index is -0.822. The van der Waals surface area contributed by atoms with Gasteiger partial charge >= 0.3 is 5.97 Å². The number of hydrogen-bond donors (Lipinski definition) is 2. The molecule has 7 heteroatoms. The third kappa shape index (κ3) is 3.51. The summed E-state index contributed by atoms with van der Waals surface area (Å²) in [6.07, 6.45) is 5.41. The molecular weight excluding hydrogens is 310 g/mol. The van der Waals surface area contributed by atoms with E-state index in [9.17, 15) is 14.7 Å². The maximum atomic E-state index is 12.5. The van der Waals surface area contributed by atoms with E-state index in [2.05, 4.69) is 10.3 Å². The summed E-state index contributed by atoms with van der Waals surface area (Å²) in [6, 6.07) is 3.16. The maximum Gasteiger partial charge on any atom is 0.320 e. The van der Waals surface area contributed by atoms with Crippen LogP contribution >= 0.6 is 0 Å².